The Labute approximate surface area is 250 Å². The van der Waals surface area contributed by atoms with Crippen molar-refractivity contribution in [2.45, 2.75) is 45.6 Å². The highest BCUT2D eigenvalue weighted by atomic mass is 16.5. The molecule has 1 N–H and O–H groups in total. The summed E-state index contributed by atoms with van der Waals surface area (Å²) in [5, 5.41) is 14.1. The fourth-order valence-electron chi connectivity index (χ4n) is 5.64. The lowest BCUT2D eigenvalue weighted by Gasteiger charge is -2.28. The number of fused-ring (bicyclic) bond motifs is 1. The second kappa shape index (κ2) is 12.0. The summed E-state index contributed by atoms with van der Waals surface area (Å²) in [5.41, 5.74) is 3.54. The monoisotopic (exact) mass is 576 g/mol. The van der Waals surface area contributed by atoms with Gasteiger partial charge in [0.1, 0.15) is 18.5 Å². The van der Waals surface area contributed by atoms with Gasteiger partial charge in [-0.1, -0.05) is 48.2 Å². The molecule has 1 saturated heterocycles. The molecule has 8 nitrogen and oxygen atoms in total. The molecule has 0 radical (unpaired) electrons. The molecule has 1 amide bonds. The number of nitrogens with one attached hydrogen (secondary N) is 1. The van der Waals surface area contributed by atoms with Gasteiger partial charge in [-0.25, -0.2) is 4.98 Å². The van der Waals surface area contributed by atoms with E-state index in [9.17, 15) is 14.7 Å². The normalized spacial score (nSPS) is 18.8. The number of amides is 1. The molecule has 3 aromatic carbocycles. The Bertz CT molecular complexity index is 1690. The van der Waals surface area contributed by atoms with Gasteiger partial charge in [-0.15, -0.1) is 0 Å². The van der Waals surface area contributed by atoms with Gasteiger partial charge in [-0.3, -0.25) is 9.59 Å². The molecule has 6 rings (SSSR count). The molecular formula is C35H32N2O6. The number of likely N-dealkylation sites (tertiary alicyclic amines) is 1. The van der Waals surface area contributed by atoms with Crippen molar-refractivity contribution in [2.75, 3.05) is 6.61 Å². The van der Waals surface area contributed by atoms with Crippen molar-refractivity contribution in [1.29, 1.82) is 0 Å². The van der Waals surface area contributed by atoms with Crippen LogP contribution in [0.3, 0.4) is 0 Å². The van der Waals surface area contributed by atoms with E-state index < -0.39 is 23.5 Å². The van der Waals surface area contributed by atoms with Crippen molar-refractivity contribution in [3.8, 4) is 17.2 Å². The van der Waals surface area contributed by atoms with Crippen molar-refractivity contribution < 1.29 is 33.9 Å². The summed E-state index contributed by atoms with van der Waals surface area (Å²) in [6.45, 7) is 4.69. The molecule has 218 valence electrons. The molecule has 4 aromatic rings. The molecule has 0 saturated carbocycles. The Morgan fingerprint density at radius 2 is 1.79 bits per heavy atom. The second-order valence-corrected chi connectivity index (χ2v) is 10.7. The lowest BCUT2D eigenvalue weighted by molar-refractivity contribution is -0.378. The maximum Gasteiger partial charge on any atom is 0.295 e. The number of hydrogen-bond acceptors (Lipinski definition) is 6. The summed E-state index contributed by atoms with van der Waals surface area (Å²) in [7, 11) is 0. The lowest BCUT2D eigenvalue weighted by Crippen LogP contribution is -2.29. The van der Waals surface area contributed by atoms with E-state index in [4.69, 9.17) is 14.2 Å². The molecular weight excluding hydrogens is 544 g/mol. The van der Waals surface area contributed by atoms with Crippen molar-refractivity contribution in [3.63, 3.8) is 0 Å². The number of carbonyl (C=O) groups is 2. The molecule has 2 unspecified atom stereocenters. The van der Waals surface area contributed by atoms with Crippen LogP contribution in [0.5, 0.6) is 17.2 Å². The Morgan fingerprint density at radius 1 is 0.977 bits per heavy atom. The summed E-state index contributed by atoms with van der Waals surface area (Å²) in [6.07, 6.45) is 4.21. The molecule has 2 aliphatic heterocycles. The Balaban J connectivity index is 1.43. The summed E-state index contributed by atoms with van der Waals surface area (Å²) >= 11 is 0. The number of pyridine rings is 1. The highest BCUT2D eigenvalue weighted by Gasteiger charge is 2.44. The second-order valence-electron chi connectivity index (χ2n) is 10.7. The third-order valence-electron chi connectivity index (χ3n) is 7.63. The van der Waals surface area contributed by atoms with Gasteiger partial charge in [0.15, 0.2) is 23.9 Å². The number of benzene rings is 3. The van der Waals surface area contributed by atoms with Crippen LogP contribution in [-0.2, 0) is 29.2 Å². The predicted molar refractivity (Wildman–Crippen MR) is 157 cm³/mol. The molecule has 2 atom stereocenters. The number of H-pyrrole nitrogens is 1. The summed E-state index contributed by atoms with van der Waals surface area (Å²) in [6, 6.07) is 23.0. The third kappa shape index (κ3) is 5.68. The largest absolute Gasteiger partial charge is 0.872 e. The first-order valence-electron chi connectivity index (χ1n) is 14.4. The molecule has 1 aromatic heterocycles. The van der Waals surface area contributed by atoms with Crippen LogP contribution in [0.2, 0.25) is 0 Å². The van der Waals surface area contributed by atoms with Gasteiger partial charge in [0.2, 0.25) is 5.78 Å². The maximum atomic E-state index is 14.1. The van der Waals surface area contributed by atoms with Crippen molar-refractivity contribution in [2.24, 2.45) is 0 Å². The summed E-state index contributed by atoms with van der Waals surface area (Å²) in [5.74, 6) is -0.287. The predicted octanol–water partition coefficient (Wildman–Crippen LogP) is 4.23. The standard InChI is InChI=1S/C35H32N2O6/c1-3-41-30-18-25(11-14-29(30)42-21-23-8-5-4-6-9-23)32-31(33(38)26-12-13-28-27(17-26)16-22(2)43-28)34(39)35(40)37(32)20-24-10-7-15-36-19-24/h4-15,17-19,22,32,38H,3,16,20-21H2,1-2H3. The van der Waals surface area contributed by atoms with Gasteiger partial charge in [-0.05, 0) is 66.4 Å². The van der Waals surface area contributed by atoms with Crippen LogP contribution in [-0.4, -0.2) is 29.3 Å². The summed E-state index contributed by atoms with van der Waals surface area (Å²) < 4.78 is 17.8. The first-order valence-corrected chi connectivity index (χ1v) is 14.4. The van der Waals surface area contributed by atoms with E-state index in [0.717, 1.165) is 22.4 Å². The SMILES string of the molecule is CCOc1cc(C2C(=C([O-])c3ccc4c(c3)CC(C)O4)C(=O)C(=O)N2Cc2ccc[nH+]c2)ccc1OCc1ccccc1. The Morgan fingerprint density at radius 3 is 2.56 bits per heavy atom. The van der Waals surface area contributed by atoms with E-state index in [1.54, 1.807) is 48.8 Å². The highest BCUT2D eigenvalue weighted by molar-refractivity contribution is 6.46. The van der Waals surface area contributed by atoms with Crippen molar-refractivity contribution in [3.05, 3.63) is 125 Å². The van der Waals surface area contributed by atoms with E-state index >= 15 is 0 Å². The van der Waals surface area contributed by atoms with Crippen LogP contribution >= 0.6 is 0 Å². The number of aromatic amines is 1. The first-order chi connectivity index (χ1) is 20.9. The zero-order valence-corrected chi connectivity index (χ0v) is 24.0. The van der Waals surface area contributed by atoms with Crippen LogP contribution in [0.1, 0.15) is 47.7 Å². The fourth-order valence-corrected chi connectivity index (χ4v) is 5.64. The van der Waals surface area contributed by atoms with E-state index in [1.807, 2.05) is 56.3 Å². The van der Waals surface area contributed by atoms with Crippen molar-refractivity contribution >= 4 is 17.4 Å². The van der Waals surface area contributed by atoms with Crippen LogP contribution < -0.4 is 24.3 Å². The van der Waals surface area contributed by atoms with Crippen LogP contribution in [0.15, 0.2) is 96.8 Å². The number of rotatable bonds is 9. The van der Waals surface area contributed by atoms with Crippen LogP contribution in [0, 0.1) is 0 Å². The van der Waals surface area contributed by atoms with Crippen molar-refractivity contribution in [1.82, 2.24) is 4.90 Å². The molecule has 3 heterocycles. The molecule has 1 fully saturated rings. The topological polar surface area (TPSA) is 102 Å². The number of ketones is 1. The van der Waals surface area contributed by atoms with Gasteiger partial charge in [0.05, 0.1) is 19.2 Å². The van der Waals surface area contributed by atoms with E-state index in [-0.39, 0.29) is 18.2 Å². The molecule has 8 heteroatoms. The number of hydrogen-bond donors (Lipinski definition) is 0. The fraction of sp³-hybridized carbons (Fsp3) is 0.229. The number of ether oxygens (including phenoxy) is 3. The summed E-state index contributed by atoms with van der Waals surface area (Å²) in [4.78, 5) is 31.6. The molecule has 0 bridgehead atoms. The number of nitrogens with zero attached hydrogens (tertiary/aromatic N) is 1. The average molecular weight is 577 g/mol. The van der Waals surface area contributed by atoms with Gasteiger partial charge < -0.3 is 24.2 Å². The molecule has 0 aliphatic carbocycles. The highest BCUT2D eigenvalue weighted by Crippen LogP contribution is 2.43. The molecule has 43 heavy (non-hydrogen) atoms. The average Bonchev–Trinajstić information content (AvgIpc) is 3.52. The smallest absolute Gasteiger partial charge is 0.295 e. The van der Waals surface area contributed by atoms with Crippen LogP contribution in [0.25, 0.3) is 5.76 Å². The quantitative estimate of drug-likeness (QED) is 0.168. The van der Waals surface area contributed by atoms with Gasteiger partial charge >= 0.3 is 0 Å². The van der Waals surface area contributed by atoms with Gasteiger partial charge in [0, 0.05) is 23.6 Å². The minimum atomic E-state index is -0.918. The maximum absolute atomic E-state index is 14.1. The third-order valence-corrected chi connectivity index (χ3v) is 7.63. The molecule has 2 aliphatic rings. The Kier molecular flexibility index (Phi) is 7.83. The van der Waals surface area contributed by atoms with Gasteiger partial charge in [-0.2, -0.15) is 0 Å². The minimum Gasteiger partial charge on any atom is -0.872 e. The first kappa shape index (κ1) is 28.0. The number of Topliss-reactive ketones (excluding diaryl/α,β-unsaturated/α-hetero) is 1. The minimum absolute atomic E-state index is 0.00761. The number of aromatic nitrogens is 1. The van der Waals surface area contributed by atoms with Crippen LogP contribution in [0.4, 0.5) is 0 Å². The van der Waals surface area contributed by atoms with E-state index in [2.05, 4.69) is 4.98 Å². The van der Waals surface area contributed by atoms with E-state index in [0.29, 0.717) is 42.3 Å². The Hall–Kier alpha value is -5.11. The zero-order chi connectivity index (χ0) is 29.9. The lowest BCUT2D eigenvalue weighted by atomic mass is 9.94. The molecule has 0 spiro atoms. The number of carbonyl (C=O) groups excluding carboxylic acids is 2. The van der Waals surface area contributed by atoms with E-state index in [1.165, 1.54) is 4.90 Å². The zero-order valence-electron chi connectivity index (χ0n) is 24.0. The van der Waals surface area contributed by atoms with Gasteiger partial charge in [0.25, 0.3) is 5.91 Å².